The van der Waals surface area contributed by atoms with E-state index in [0.717, 1.165) is 36.9 Å². The van der Waals surface area contributed by atoms with Crippen LogP contribution in [-0.4, -0.2) is 38.0 Å². The molecule has 0 bridgehead atoms. The van der Waals surface area contributed by atoms with Crippen molar-refractivity contribution < 1.29 is 0 Å². The summed E-state index contributed by atoms with van der Waals surface area (Å²) in [5.74, 6) is 1.13. The fourth-order valence-electron chi connectivity index (χ4n) is 1.83. The lowest BCUT2D eigenvalue weighted by Crippen LogP contribution is -2.42. The Balaban J connectivity index is 1.84. The predicted molar refractivity (Wildman–Crippen MR) is 71.2 cm³/mol. The average Bonchev–Trinajstić information content (AvgIpc) is 2.99. The highest BCUT2D eigenvalue weighted by molar-refractivity contribution is 8.14. The van der Waals surface area contributed by atoms with Crippen molar-refractivity contribution in [2.45, 2.75) is 38.8 Å². The van der Waals surface area contributed by atoms with Gasteiger partial charge in [-0.3, -0.25) is 9.67 Å². The molecule has 1 N–H and O–H groups in total. The van der Waals surface area contributed by atoms with Gasteiger partial charge in [0.25, 0.3) is 0 Å². The normalized spacial score (nSPS) is 20.7. The Bertz CT molecular complexity index is 369. The third-order valence-electron chi connectivity index (χ3n) is 3.27. The van der Waals surface area contributed by atoms with Gasteiger partial charge in [0, 0.05) is 17.5 Å². The summed E-state index contributed by atoms with van der Waals surface area (Å²) in [5.41, 5.74) is 0.261. The van der Waals surface area contributed by atoms with Crippen molar-refractivity contribution in [2.75, 3.05) is 12.3 Å². The summed E-state index contributed by atoms with van der Waals surface area (Å²) >= 11 is 1.83. The smallest absolute Gasteiger partial charge is 0.157 e. The third kappa shape index (κ3) is 3.00. The van der Waals surface area contributed by atoms with E-state index in [2.05, 4.69) is 34.5 Å². The number of rotatable bonds is 5. The van der Waals surface area contributed by atoms with Crippen molar-refractivity contribution in [1.29, 1.82) is 0 Å². The molecule has 1 aromatic rings. The second kappa shape index (κ2) is 5.53. The number of thioether (sulfide) groups is 1. The lowest BCUT2D eigenvalue weighted by molar-refractivity contribution is 0.407. The fraction of sp³-hybridized carbons (Fsp3) is 0.727. The fourth-order valence-corrected chi connectivity index (χ4v) is 3.19. The first-order valence-electron chi connectivity index (χ1n) is 6.07. The van der Waals surface area contributed by atoms with Crippen LogP contribution in [0.15, 0.2) is 17.4 Å². The van der Waals surface area contributed by atoms with Gasteiger partial charge in [0.05, 0.1) is 19.3 Å². The monoisotopic (exact) mass is 253 g/mol. The Morgan fingerprint density at radius 3 is 2.94 bits per heavy atom. The summed E-state index contributed by atoms with van der Waals surface area (Å²) in [5, 5.41) is 12.3. The number of nitrogens with one attached hydrogen (secondary N) is 1. The molecule has 94 valence electrons. The average molecular weight is 253 g/mol. The third-order valence-corrected chi connectivity index (χ3v) is 4.47. The van der Waals surface area contributed by atoms with E-state index in [-0.39, 0.29) is 5.54 Å². The second-order valence-electron chi connectivity index (χ2n) is 4.25. The van der Waals surface area contributed by atoms with Crippen LogP contribution in [0.4, 0.5) is 0 Å². The molecule has 0 spiro atoms. The molecule has 6 heteroatoms. The van der Waals surface area contributed by atoms with Crippen molar-refractivity contribution in [1.82, 2.24) is 20.3 Å². The van der Waals surface area contributed by atoms with Crippen molar-refractivity contribution in [3.63, 3.8) is 0 Å². The van der Waals surface area contributed by atoms with E-state index in [1.807, 2.05) is 18.0 Å². The van der Waals surface area contributed by atoms with Gasteiger partial charge in [-0.2, -0.15) is 0 Å². The molecule has 1 saturated heterocycles. The van der Waals surface area contributed by atoms with Gasteiger partial charge in [-0.15, -0.1) is 5.10 Å². The number of nitrogens with zero attached hydrogens (tertiary/aromatic N) is 4. The van der Waals surface area contributed by atoms with Gasteiger partial charge in [0.2, 0.25) is 0 Å². The number of aliphatic imine (C=N–C) groups is 1. The van der Waals surface area contributed by atoms with Crippen LogP contribution in [0.3, 0.4) is 0 Å². The molecule has 0 atom stereocenters. The molecule has 2 heterocycles. The van der Waals surface area contributed by atoms with E-state index in [4.69, 9.17) is 0 Å². The maximum Gasteiger partial charge on any atom is 0.157 e. The molecule has 0 aliphatic carbocycles. The summed E-state index contributed by atoms with van der Waals surface area (Å²) < 4.78 is 1.80. The molecule has 0 amide bonds. The summed E-state index contributed by atoms with van der Waals surface area (Å²) in [6.45, 7) is 6.00. The molecule has 1 aliphatic heterocycles. The zero-order valence-electron chi connectivity index (χ0n) is 10.4. The summed E-state index contributed by atoms with van der Waals surface area (Å²) in [6, 6.07) is 0. The van der Waals surface area contributed by atoms with Gasteiger partial charge in [-0.25, -0.2) is 0 Å². The van der Waals surface area contributed by atoms with E-state index in [0.29, 0.717) is 0 Å². The SMILES string of the molecule is CCC1(CC)CSC(=NCCn2ccnn2)N1. The molecular formula is C11H19N5S. The van der Waals surface area contributed by atoms with Crippen LogP contribution in [0.2, 0.25) is 0 Å². The maximum absolute atomic E-state index is 4.57. The summed E-state index contributed by atoms with van der Waals surface area (Å²) in [6.07, 6.45) is 5.85. The molecule has 0 unspecified atom stereocenters. The van der Waals surface area contributed by atoms with Crippen molar-refractivity contribution in [2.24, 2.45) is 4.99 Å². The molecule has 1 aromatic heterocycles. The number of amidine groups is 1. The second-order valence-corrected chi connectivity index (χ2v) is 5.22. The van der Waals surface area contributed by atoms with Crippen LogP contribution in [0, 0.1) is 0 Å². The number of aromatic nitrogens is 3. The van der Waals surface area contributed by atoms with Crippen molar-refractivity contribution in [3.8, 4) is 0 Å². The molecule has 2 rings (SSSR count). The predicted octanol–water partition coefficient (Wildman–Crippen LogP) is 1.53. The molecule has 0 radical (unpaired) electrons. The summed E-state index contributed by atoms with van der Waals surface area (Å²) in [4.78, 5) is 4.57. The van der Waals surface area contributed by atoms with Crippen LogP contribution in [-0.2, 0) is 6.54 Å². The van der Waals surface area contributed by atoms with Gasteiger partial charge in [-0.05, 0) is 12.8 Å². The van der Waals surface area contributed by atoms with Gasteiger partial charge >= 0.3 is 0 Å². The zero-order valence-corrected chi connectivity index (χ0v) is 11.2. The Hall–Kier alpha value is -1.04. The van der Waals surface area contributed by atoms with Crippen LogP contribution >= 0.6 is 11.8 Å². The minimum Gasteiger partial charge on any atom is -0.359 e. The van der Waals surface area contributed by atoms with E-state index >= 15 is 0 Å². The number of hydrogen-bond donors (Lipinski definition) is 1. The molecule has 17 heavy (non-hydrogen) atoms. The lowest BCUT2D eigenvalue weighted by Gasteiger charge is -2.25. The Morgan fingerprint density at radius 1 is 1.53 bits per heavy atom. The highest BCUT2D eigenvalue weighted by Gasteiger charge is 2.33. The topological polar surface area (TPSA) is 55.1 Å². The molecule has 5 nitrogen and oxygen atoms in total. The summed E-state index contributed by atoms with van der Waals surface area (Å²) in [7, 11) is 0. The van der Waals surface area contributed by atoms with E-state index in [9.17, 15) is 0 Å². The lowest BCUT2D eigenvalue weighted by atomic mass is 9.96. The number of hydrogen-bond acceptors (Lipinski definition) is 4. The first kappa shape index (κ1) is 12.4. The van der Waals surface area contributed by atoms with Gasteiger partial charge in [-0.1, -0.05) is 30.8 Å². The Labute approximate surface area is 106 Å². The Kier molecular flexibility index (Phi) is 4.04. The molecule has 0 aromatic carbocycles. The minimum absolute atomic E-state index is 0.261. The van der Waals surface area contributed by atoms with E-state index in [1.54, 1.807) is 10.9 Å². The quantitative estimate of drug-likeness (QED) is 0.864. The zero-order chi connectivity index (χ0) is 12.1. The first-order chi connectivity index (χ1) is 8.28. The largest absolute Gasteiger partial charge is 0.359 e. The molecule has 0 saturated carbocycles. The highest BCUT2D eigenvalue weighted by Crippen LogP contribution is 2.28. The van der Waals surface area contributed by atoms with Crippen molar-refractivity contribution >= 4 is 16.9 Å². The first-order valence-corrected chi connectivity index (χ1v) is 7.06. The van der Waals surface area contributed by atoms with Crippen molar-refractivity contribution in [3.05, 3.63) is 12.4 Å². The molecule has 1 aliphatic rings. The van der Waals surface area contributed by atoms with Gasteiger partial charge in [0.1, 0.15) is 0 Å². The van der Waals surface area contributed by atoms with Crippen LogP contribution in [0.5, 0.6) is 0 Å². The standard InChI is InChI=1S/C11H19N5S/c1-3-11(4-2)9-17-10(14-11)12-5-7-16-8-6-13-15-16/h6,8H,3-5,7,9H2,1-2H3,(H,12,14). The highest BCUT2D eigenvalue weighted by atomic mass is 32.2. The Morgan fingerprint density at radius 2 is 2.35 bits per heavy atom. The van der Waals surface area contributed by atoms with Crippen LogP contribution < -0.4 is 5.32 Å². The van der Waals surface area contributed by atoms with Gasteiger partial charge < -0.3 is 5.32 Å². The van der Waals surface area contributed by atoms with Gasteiger partial charge in [0.15, 0.2) is 5.17 Å². The molecule has 1 fully saturated rings. The minimum atomic E-state index is 0.261. The maximum atomic E-state index is 4.57. The molecular weight excluding hydrogens is 234 g/mol. The van der Waals surface area contributed by atoms with Crippen LogP contribution in [0.25, 0.3) is 0 Å². The van der Waals surface area contributed by atoms with E-state index < -0.39 is 0 Å². The van der Waals surface area contributed by atoms with Crippen LogP contribution in [0.1, 0.15) is 26.7 Å². The van der Waals surface area contributed by atoms with E-state index in [1.165, 1.54) is 0 Å².